The Labute approximate surface area is 103 Å². The molecule has 104 valence electrons. The zero-order valence-electron chi connectivity index (χ0n) is 10.7. The van der Waals surface area contributed by atoms with Crippen LogP contribution in [0, 0.1) is 0 Å². The molecule has 0 saturated heterocycles. The third-order valence-electron chi connectivity index (χ3n) is 2.47. The molecule has 0 saturated carbocycles. The molecule has 0 radical (unpaired) electrons. The van der Waals surface area contributed by atoms with Gasteiger partial charge in [0.15, 0.2) is 0 Å². The van der Waals surface area contributed by atoms with E-state index in [0.717, 1.165) is 19.4 Å². The van der Waals surface area contributed by atoms with E-state index in [1.165, 1.54) is 0 Å². The summed E-state index contributed by atoms with van der Waals surface area (Å²) < 4.78 is 10.6. The highest BCUT2D eigenvalue weighted by Crippen LogP contribution is 2.06. The zero-order chi connectivity index (χ0) is 12.9. The van der Waals surface area contributed by atoms with Crippen LogP contribution in [0.5, 0.6) is 0 Å². The van der Waals surface area contributed by atoms with Crippen LogP contribution in [0.15, 0.2) is 0 Å². The fraction of sp³-hybridized carbons (Fsp3) is 1.00. The first-order valence-corrected chi connectivity index (χ1v) is 6.35. The topological polar surface area (TPSA) is 79.2 Å². The molecule has 3 N–H and O–H groups in total. The molecule has 5 heteroatoms. The summed E-state index contributed by atoms with van der Waals surface area (Å²) >= 11 is 0. The Balaban J connectivity index is 3.52. The lowest BCUT2D eigenvalue weighted by molar-refractivity contribution is -0.0805. The maximum Gasteiger partial charge on any atom is 0.106 e. The Morgan fingerprint density at radius 2 is 1.82 bits per heavy atom. The first-order valence-electron chi connectivity index (χ1n) is 6.35. The summed E-state index contributed by atoms with van der Waals surface area (Å²) in [5.74, 6) is 0. The van der Waals surface area contributed by atoms with E-state index in [4.69, 9.17) is 19.7 Å². The van der Waals surface area contributed by atoms with E-state index in [-0.39, 0.29) is 13.2 Å². The average Bonchev–Trinajstić information content (AvgIpc) is 2.35. The van der Waals surface area contributed by atoms with Crippen LogP contribution in [0.3, 0.4) is 0 Å². The number of ether oxygens (including phenoxy) is 2. The Morgan fingerprint density at radius 3 is 2.41 bits per heavy atom. The molecule has 17 heavy (non-hydrogen) atoms. The summed E-state index contributed by atoms with van der Waals surface area (Å²) in [6, 6.07) is 0. The molecular formula is C12H26O5. The summed E-state index contributed by atoms with van der Waals surface area (Å²) in [5.41, 5.74) is 0. The van der Waals surface area contributed by atoms with Crippen LogP contribution in [-0.4, -0.2) is 60.6 Å². The second-order valence-corrected chi connectivity index (χ2v) is 3.99. The molecule has 0 aromatic heterocycles. The highest BCUT2D eigenvalue weighted by molar-refractivity contribution is 4.68. The maximum absolute atomic E-state index is 9.64. The van der Waals surface area contributed by atoms with Gasteiger partial charge >= 0.3 is 0 Å². The first-order chi connectivity index (χ1) is 8.26. The Hall–Kier alpha value is -0.200. The van der Waals surface area contributed by atoms with Gasteiger partial charge in [0, 0.05) is 13.2 Å². The SMILES string of the molecule is CCCCOCCOC(CO)C(O)CCCO. The van der Waals surface area contributed by atoms with Crippen molar-refractivity contribution in [3.8, 4) is 0 Å². The number of hydrogen-bond acceptors (Lipinski definition) is 5. The molecule has 0 aromatic carbocycles. The molecule has 0 aliphatic rings. The van der Waals surface area contributed by atoms with E-state index in [1.54, 1.807) is 0 Å². The van der Waals surface area contributed by atoms with Crippen LogP contribution in [0.25, 0.3) is 0 Å². The Kier molecular flexibility index (Phi) is 12.1. The van der Waals surface area contributed by atoms with Crippen molar-refractivity contribution in [2.75, 3.05) is 33.0 Å². The summed E-state index contributed by atoms with van der Waals surface area (Å²) in [5, 5.41) is 27.3. The fourth-order valence-corrected chi connectivity index (χ4v) is 1.38. The Bertz CT molecular complexity index is 154. The maximum atomic E-state index is 9.64. The standard InChI is InChI=1S/C12H26O5/c1-2-3-7-16-8-9-17-12(10-14)11(15)5-4-6-13/h11-15H,2-10H2,1H3. The monoisotopic (exact) mass is 250 g/mol. The van der Waals surface area contributed by atoms with Gasteiger partial charge in [0.25, 0.3) is 0 Å². The van der Waals surface area contributed by atoms with Crippen molar-refractivity contribution in [1.29, 1.82) is 0 Å². The van der Waals surface area contributed by atoms with Crippen molar-refractivity contribution in [2.24, 2.45) is 0 Å². The smallest absolute Gasteiger partial charge is 0.106 e. The van der Waals surface area contributed by atoms with Crippen LogP contribution in [0.4, 0.5) is 0 Å². The minimum atomic E-state index is -0.734. The fourth-order valence-electron chi connectivity index (χ4n) is 1.38. The normalized spacial score (nSPS) is 14.8. The van der Waals surface area contributed by atoms with Crippen LogP contribution in [-0.2, 0) is 9.47 Å². The molecule has 0 spiro atoms. The second-order valence-electron chi connectivity index (χ2n) is 3.99. The van der Waals surface area contributed by atoms with E-state index < -0.39 is 12.2 Å². The predicted molar refractivity (Wildman–Crippen MR) is 64.9 cm³/mol. The highest BCUT2D eigenvalue weighted by atomic mass is 16.5. The minimum absolute atomic E-state index is 0.0370. The molecule has 0 heterocycles. The molecule has 0 fully saturated rings. The van der Waals surface area contributed by atoms with E-state index in [0.29, 0.717) is 26.1 Å². The molecule has 0 amide bonds. The lowest BCUT2D eigenvalue weighted by Gasteiger charge is -2.21. The molecule has 0 bridgehead atoms. The van der Waals surface area contributed by atoms with E-state index in [2.05, 4.69) is 6.92 Å². The molecule has 2 atom stereocenters. The summed E-state index contributed by atoms with van der Waals surface area (Å²) in [6.07, 6.45) is 1.74. The van der Waals surface area contributed by atoms with E-state index >= 15 is 0 Å². The molecule has 2 unspecified atom stereocenters. The van der Waals surface area contributed by atoms with Crippen molar-refractivity contribution in [1.82, 2.24) is 0 Å². The van der Waals surface area contributed by atoms with Gasteiger partial charge in [-0.15, -0.1) is 0 Å². The van der Waals surface area contributed by atoms with Crippen molar-refractivity contribution in [3.63, 3.8) is 0 Å². The lowest BCUT2D eigenvalue weighted by atomic mass is 10.1. The van der Waals surface area contributed by atoms with Crippen LogP contribution < -0.4 is 0 Å². The number of rotatable bonds is 12. The van der Waals surface area contributed by atoms with Gasteiger partial charge in [-0.3, -0.25) is 0 Å². The molecule has 0 rings (SSSR count). The summed E-state index contributed by atoms with van der Waals surface area (Å²) in [4.78, 5) is 0. The largest absolute Gasteiger partial charge is 0.396 e. The summed E-state index contributed by atoms with van der Waals surface area (Å²) in [7, 11) is 0. The number of unbranched alkanes of at least 4 members (excludes halogenated alkanes) is 1. The molecular weight excluding hydrogens is 224 g/mol. The van der Waals surface area contributed by atoms with Gasteiger partial charge in [0.05, 0.1) is 25.9 Å². The van der Waals surface area contributed by atoms with Crippen LogP contribution in [0.1, 0.15) is 32.6 Å². The van der Waals surface area contributed by atoms with Crippen molar-refractivity contribution in [3.05, 3.63) is 0 Å². The van der Waals surface area contributed by atoms with Crippen molar-refractivity contribution >= 4 is 0 Å². The van der Waals surface area contributed by atoms with Gasteiger partial charge < -0.3 is 24.8 Å². The second kappa shape index (κ2) is 12.3. The zero-order valence-corrected chi connectivity index (χ0v) is 10.7. The molecule has 0 aliphatic carbocycles. The first kappa shape index (κ1) is 16.8. The number of hydrogen-bond donors (Lipinski definition) is 3. The highest BCUT2D eigenvalue weighted by Gasteiger charge is 2.18. The lowest BCUT2D eigenvalue weighted by Crippen LogP contribution is -2.33. The van der Waals surface area contributed by atoms with Gasteiger partial charge in [0.1, 0.15) is 6.10 Å². The van der Waals surface area contributed by atoms with Crippen LogP contribution >= 0.6 is 0 Å². The predicted octanol–water partition coefficient (Wildman–Crippen LogP) is 0.314. The summed E-state index contributed by atoms with van der Waals surface area (Å²) in [6.45, 7) is 3.47. The van der Waals surface area contributed by atoms with Crippen molar-refractivity contribution in [2.45, 2.75) is 44.8 Å². The minimum Gasteiger partial charge on any atom is -0.396 e. The van der Waals surface area contributed by atoms with Gasteiger partial charge in [-0.1, -0.05) is 13.3 Å². The third-order valence-corrected chi connectivity index (χ3v) is 2.47. The van der Waals surface area contributed by atoms with Gasteiger partial charge in [0.2, 0.25) is 0 Å². The van der Waals surface area contributed by atoms with Crippen molar-refractivity contribution < 1.29 is 24.8 Å². The third kappa shape index (κ3) is 9.50. The van der Waals surface area contributed by atoms with Gasteiger partial charge in [-0.2, -0.15) is 0 Å². The average molecular weight is 250 g/mol. The molecule has 0 aromatic rings. The Morgan fingerprint density at radius 1 is 1.06 bits per heavy atom. The number of aliphatic hydroxyl groups is 3. The van der Waals surface area contributed by atoms with Gasteiger partial charge in [-0.25, -0.2) is 0 Å². The number of aliphatic hydroxyl groups excluding tert-OH is 3. The quantitative estimate of drug-likeness (QED) is 0.435. The van der Waals surface area contributed by atoms with Crippen LogP contribution in [0.2, 0.25) is 0 Å². The molecule has 0 aliphatic heterocycles. The molecule has 5 nitrogen and oxygen atoms in total. The van der Waals surface area contributed by atoms with E-state index in [1.807, 2.05) is 0 Å². The van der Waals surface area contributed by atoms with Gasteiger partial charge in [-0.05, 0) is 19.3 Å². The van der Waals surface area contributed by atoms with E-state index in [9.17, 15) is 5.11 Å².